The Kier molecular flexibility index (Phi) is 5.90. The molecule has 0 aliphatic carbocycles. The molecule has 1 saturated heterocycles. The topological polar surface area (TPSA) is 58.2 Å². The lowest BCUT2D eigenvalue weighted by Gasteiger charge is -2.31. The van der Waals surface area contributed by atoms with E-state index < -0.39 is 0 Å². The molecule has 1 aromatic carbocycles. The molecular formula is C21H22ClN3O2S. The highest BCUT2D eigenvalue weighted by Gasteiger charge is 2.26. The smallest absolute Gasteiger partial charge is 0.303 e. The summed E-state index contributed by atoms with van der Waals surface area (Å²) in [5, 5.41) is 1.89. The molecule has 2 aromatic heterocycles. The molecule has 0 bridgehead atoms. The minimum absolute atomic E-state index is 0.231. The molecule has 0 saturated carbocycles. The van der Waals surface area contributed by atoms with Crippen LogP contribution < -0.4 is 0 Å². The number of aromatic amines is 1. The van der Waals surface area contributed by atoms with Crippen molar-refractivity contribution < 1.29 is 9.53 Å². The van der Waals surface area contributed by atoms with Crippen LogP contribution in [0.25, 0.3) is 11.0 Å². The largest absolute Gasteiger partial charge is 0.450 e. The first-order chi connectivity index (χ1) is 13.6. The highest BCUT2D eigenvalue weighted by molar-refractivity contribution is 7.99. The lowest BCUT2D eigenvalue weighted by Crippen LogP contribution is -2.35. The van der Waals surface area contributed by atoms with Crippen LogP contribution >= 0.6 is 23.4 Å². The summed E-state index contributed by atoms with van der Waals surface area (Å²) >= 11 is 7.79. The summed E-state index contributed by atoms with van der Waals surface area (Å²) in [6.07, 6.45) is 3.85. The summed E-state index contributed by atoms with van der Waals surface area (Å²) in [5.41, 5.74) is 2.18. The Labute approximate surface area is 173 Å². The maximum absolute atomic E-state index is 11.0. The minimum Gasteiger partial charge on any atom is -0.450 e. The van der Waals surface area contributed by atoms with Crippen molar-refractivity contribution in [3.05, 3.63) is 53.3 Å². The average Bonchev–Trinajstić information content (AvgIpc) is 3.07. The van der Waals surface area contributed by atoms with Gasteiger partial charge in [0.25, 0.3) is 0 Å². The first-order valence-corrected chi connectivity index (χ1v) is 10.6. The van der Waals surface area contributed by atoms with E-state index >= 15 is 0 Å². The zero-order valence-electron chi connectivity index (χ0n) is 15.7. The number of nitrogens with zero attached hydrogens (tertiary/aromatic N) is 2. The fourth-order valence-corrected chi connectivity index (χ4v) is 4.80. The third-order valence-electron chi connectivity index (χ3n) is 5.03. The van der Waals surface area contributed by atoms with E-state index in [4.69, 9.17) is 16.3 Å². The van der Waals surface area contributed by atoms with E-state index in [2.05, 4.69) is 20.9 Å². The van der Waals surface area contributed by atoms with E-state index in [1.165, 1.54) is 17.5 Å². The van der Waals surface area contributed by atoms with Crippen LogP contribution in [0.3, 0.4) is 0 Å². The molecule has 0 spiro atoms. The number of ether oxygens (including phenoxy) is 1. The first kappa shape index (κ1) is 19.3. The van der Waals surface area contributed by atoms with Gasteiger partial charge in [-0.15, -0.1) is 0 Å². The number of benzene rings is 1. The van der Waals surface area contributed by atoms with Crippen molar-refractivity contribution in [2.45, 2.75) is 35.5 Å². The summed E-state index contributed by atoms with van der Waals surface area (Å²) in [4.78, 5) is 23.7. The van der Waals surface area contributed by atoms with Gasteiger partial charge in [0.1, 0.15) is 12.4 Å². The number of H-pyrrole nitrogens is 1. The van der Waals surface area contributed by atoms with Gasteiger partial charge in [-0.2, -0.15) is 0 Å². The molecule has 1 N–H and O–H groups in total. The standard InChI is InChI=1S/C21H22ClN3O2S/c1-14(26)27-13-25-11-8-15(9-12-25)19-20(18-3-2-10-23-21(18)24-19)28-17-6-4-16(22)5-7-17/h2-7,10,15H,8-9,11-13H2,1H3,(H,23,24). The van der Waals surface area contributed by atoms with Gasteiger partial charge in [0.05, 0.1) is 0 Å². The monoisotopic (exact) mass is 415 g/mol. The maximum Gasteiger partial charge on any atom is 0.303 e. The number of hydrogen-bond donors (Lipinski definition) is 1. The molecule has 1 fully saturated rings. The van der Waals surface area contributed by atoms with Gasteiger partial charge in [0, 0.05) is 58.0 Å². The fourth-order valence-electron chi connectivity index (χ4n) is 3.57. The van der Waals surface area contributed by atoms with Crippen molar-refractivity contribution in [2.24, 2.45) is 0 Å². The molecule has 3 aromatic rings. The van der Waals surface area contributed by atoms with Gasteiger partial charge in [-0.3, -0.25) is 9.69 Å². The second-order valence-corrected chi connectivity index (χ2v) is 8.50. The van der Waals surface area contributed by atoms with Crippen LogP contribution in [-0.4, -0.2) is 40.7 Å². The number of fused-ring (bicyclic) bond motifs is 1. The molecule has 3 heterocycles. The van der Waals surface area contributed by atoms with Crippen molar-refractivity contribution in [1.29, 1.82) is 0 Å². The van der Waals surface area contributed by atoms with Crippen LogP contribution in [-0.2, 0) is 9.53 Å². The van der Waals surface area contributed by atoms with Crippen molar-refractivity contribution in [3.8, 4) is 0 Å². The first-order valence-electron chi connectivity index (χ1n) is 9.36. The lowest BCUT2D eigenvalue weighted by molar-refractivity contribution is -0.146. The Bertz CT molecular complexity index is 965. The van der Waals surface area contributed by atoms with E-state index in [0.29, 0.717) is 12.6 Å². The van der Waals surface area contributed by atoms with Gasteiger partial charge in [0.2, 0.25) is 0 Å². The summed E-state index contributed by atoms with van der Waals surface area (Å²) in [6.45, 7) is 3.64. The second kappa shape index (κ2) is 8.55. The van der Waals surface area contributed by atoms with Crippen LogP contribution in [0.4, 0.5) is 0 Å². The van der Waals surface area contributed by atoms with E-state index in [0.717, 1.165) is 46.9 Å². The molecule has 0 amide bonds. The Morgan fingerprint density at radius 1 is 1.29 bits per heavy atom. The molecule has 28 heavy (non-hydrogen) atoms. The van der Waals surface area contributed by atoms with Crippen LogP contribution in [0.15, 0.2) is 52.4 Å². The Morgan fingerprint density at radius 3 is 2.75 bits per heavy atom. The quantitative estimate of drug-likeness (QED) is 0.589. The Balaban J connectivity index is 1.57. The number of piperidine rings is 1. The number of carbonyl (C=O) groups excluding carboxylic acids is 1. The van der Waals surface area contributed by atoms with E-state index in [9.17, 15) is 4.79 Å². The Morgan fingerprint density at radius 2 is 2.04 bits per heavy atom. The maximum atomic E-state index is 11.0. The number of pyridine rings is 1. The molecular weight excluding hydrogens is 394 g/mol. The predicted molar refractivity (Wildman–Crippen MR) is 112 cm³/mol. The molecule has 7 heteroatoms. The molecule has 0 radical (unpaired) electrons. The molecule has 1 aliphatic rings. The van der Waals surface area contributed by atoms with E-state index in [-0.39, 0.29) is 5.97 Å². The predicted octanol–water partition coefficient (Wildman–Crippen LogP) is 5.07. The van der Waals surface area contributed by atoms with Crippen LogP contribution in [0.5, 0.6) is 0 Å². The van der Waals surface area contributed by atoms with Gasteiger partial charge in [-0.05, 0) is 49.2 Å². The molecule has 5 nitrogen and oxygen atoms in total. The third kappa shape index (κ3) is 4.35. The molecule has 146 valence electrons. The number of halogens is 1. The third-order valence-corrected chi connectivity index (χ3v) is 6.43. The summed E-state index contributed by atoms with van der Waals surface area (Å²) in [6, 6.07) is 12.0. The van der Waals surface area contributed by atoms with Crippen molar-refractivity contribution in [1.82, 2.24) is 14.9 Å². The van der Waals surface area contributed by atoms with E-state index in [1.807, 2.05) is 36.5 Å². The fraction of sp³-hybridized carbons (Fsp3) is 0.333. The lowest BCUT2D eigenvalue weighted by atomic mass is 9.94. The zero-order valence-corrected chi connectivity index (χ0v) is 17.2. The zero-order chi connectivity index (χ0) is 19.5. The van der Waals surface area contributed by atoms with Crippen LogP contribution in [0.2, 0.25) is 5.02 Å². The number of esters is 1. The van der Waals surface area contributed by atoms with Gasteiger partial charge in [-0.1, -0.05) is 23.4 Å². The average molecular weight is 416 g/mol. The molecule has 4 rings (SSSR count). The highest BCUT2D eigenvalue weighted by Crippen LogP contribution is 2.42. The SMILES string of the molecule is CC(=O)OCN1CCC(c2[nH]c3ncccc3c2Sc2ccc(Cl)cc2)CC1. The number of aromatic nitrogens is 2. The number of rotatable bonds is 5. The molecule has 1 aliphatic heterocycles. The minimum atomic E-state index is -0.231. The molecule has 0 atom stereocenters. The van der Waals surface area contributed by atoms with Gasteiger partial charge < -0.3 is 9.72 Å². The second-order valence-electron chi connectivity index (χ2n) is 6.98. The number of nitrogens with one attached hydrogen (secondary N) is 1. The van der Waals surface area contributed by atoms with Crippen LogP contribution in [0.1, 0.15) is 31.4 Å². The van der Waals surface area contributed by atoms with Gasteiger partial charge >= 0.3 is 5.97 Å². The summed E-state index contributed by atoms with van der Waals surface area (Å²) in [5.74, 6) is 0.197. The van der Waals surface area contributed by atoms with E-state index in [1.54, 1.807) is 11.8 Å². The highest BCUT2D eigenvalue weighted by atomic mass is 35.5. The number of likely N-dealkylation sites (tertiary alicyclic amines) is 1. The summed E-state index contributed by atoms with van der Waals surface area (Å²) in [7, 11) is 0. The molecule has 0 unspecified atom stereocenters. The van der Waals surface area contributed by atoms with Crippen molar-refractivity contribution in [2.75, 3.05) is 19.8 Å². The van der Waals surface area contributed by atoms with Crippen molar-refractivity contribution >= 4 is 40.4 Å². The number of carbonyl (C=O) groups is 1. The number of hydrogen-bond acceptors (Lipinski definition) is 5. The van der Waals surface area contributed by atoms with Gasteiger partial charge in [0.15, 0.2) is 0 Å². The van der Waals surface area contributed by atoms with Crippen LogP contribution in [0, 0.1) is 0 Å². The normalized spacial score (nSPS) is 15.8. The van der Waals surface area contributed by atoms with Crippen molar-refractivity contribution in [3.63, 3.8) is 0 Å². The summed E-state index contributed by atoms with van der Waals surface area (Å²) < 4.78 is 5.14. The van der Waals surface area contributed by atoms with Gasteiger partial charge in [-0.25, -0.2) is 4.98 Å². The Hall–Kier alpha value is -2.02.